The lowest BCUT2D eigenvalue weighted by Crippen LogP contribution is -2.51. The Morgan fingerprint density at radius 2 is 1.68 bits per heavy atom. The number of nitrogens with one attached hydrogen (secondary N) is 1. The number of nitrogens with two attached hydrogens (primary N) is 1. The average Bonchev–Trinajstić information content (AvgIpc) is 2.97. The van der Waals surface area contributed by atoms with E-state index in [0.717, 1.165) is 25.7 Å². The van der Waals surface area contributed by atoms with Gasteiger partial charge in [-0.15, -0.1) is 0 Å². The third kappa shape index (κ3) is 6.52. The average molecular weight is 567 g/mol. The fourth-order valence-electron chi connectivity index (χ4n) is 4.90. The summed E-state index contributed by atoms with van der Waals surface area (Å²) in [6.45, 7) is 0.172. The van der Waals surface area contributed by atoms with Crippen molar-refractivity contribution in [1.82, 2.24) is 4.90 Å². The summed E-state index contributed by atoms with van der Waals surface area (Å²) in [5.41, 5.74) is 8.19. The molecule has 2 unspecified atom stereocenters. The van der Waals surface area contributed by atoms with Gasteiger partial charge in [0.15, 0.2) is 11.5 Å². The Labute approximate surface area is 237 Å². The second kappa shape index (κ2) is 12.8. The van der Waals surface area contributed by atoms with E-state index in [4.69, 9.17) is 26.8 Å². The highest BCUT2D eigenvalue weighted by atomic mass is 35.5. The highest BCUT2D eigenvalue weighted by molar-refractivity contribution is 6.31. The van der Waals surface area contributed by atoms with Gasteiger partial charge in [-0.3, -0.25) is 19.7 Å². The maximum absolute atomic E-state index is 13.9. The molecule has 0 bridgehead atoms. The zero-order chi connectivity index (χ0) is 28.8. The minimum atomic E-state index is -0.527. The van der Waals surface area contributed by atoms with Gasteiger partial charge >= 0.3 is 0 Å². The number of nitro groups is 1. The van der Waals surface area contributed by atoms with Crippen LogP contribution in [0.15, 0.2) is 60.7 Å². The van der Waals surface area contributed by atoms with Gasteiger partial charge in [-0.25, -0.2) is 0 Å². The number of carbonyl (C=O) groups excluding carboxylic acids is 2. The van der Waals surface area contributed by atoms with E-state index in [2.05, 4.69) is 5.32 Å². The van der Waals surface area contributed by atoms with Gasteiger partial charge in [0.2, 0.25) is 0 Å². The molecule has 1 aliphatic carbocycles. The van der Waals surface area contributed by atoms with Crippen molar-refractivity contribution in [2.24, 2.45) is 5.73 Å². The third-order valence-corrected chi connectivity index (χ3v) is 7.43. The lowest BCUT2D eigenvalue weighted by Gasteiger charge is -2.39. The van der Waals surface area contributed by atoms with Crippen molar-refractivity contribution in [1.29, 1.82) is 0 Å². The Bertz CT molecular complexity index is 1400. The zero-order valence-electron chi connectivity index (χ0n) is 22.3. The van der Waals surface area contributed by atoms with Crippen LogP contribution in [0.4, 0.5) is 11.4 Å². The first-order chi connectivity index (χ1) is 19.2. The normalized spacial score (nSPS) is 16.6. The van der Waals surface area contributed by atoms with Crippen molar-refractivity contribution in [3.8, 4) is 11.5 Å². The number of rotatable bonds is 9. The quantitative estimate of drug-likeness (QED) is 0.260. The molecular formula is C29H31ClN4O6. The summed E-state index contributed by atoms with van der Waals surface area (Å²) in [6, 6.07) is 15.0. The molecule has 1 aliphatic rings. The van der Waals surface area contributed by atoms with Gasteiger partial charge in [-0.1, -0.05) is 24.4 Å². The minimum Gasteiger partial charge on any atom is -0.493 e. The van der Waals surface area contributed by atoms with Crippen LogP contribution in [-0.4, -0.2) is 47.9 Å². The maximum Gasteiger partial charge on any atom is 0.269 e. The van der Waals surface area contributed by atoms with Crippen molar-refractivity contribution in [3.63, 3.8) is 0 Å². The summed E-state index contributed by atoms with van der Waals surface area (Å²) >= 11 is 6.57. The highest BCUT2D eigenvalue weighted by Crippen LogP contribution is 2.32. The largest absolute Gasteiger partial charge is 0.493 e. The molecule has 3 N–H and O–H groups in total. The van der Waals surface area contributed by atoms with Gasteiger partial charge in [0.05, 0.1) is 19.1 Å². The molecule has 1 fully saturated rings. The molecule has 0 radical (unpaired) electrons. The second-order valence-corrected chi connectivity index (χ2v) is 9.99. The van der Waals surface area contributed by atoms with E-state index in [0.29, 0.717) is 33.3 Å². The first-order valence-corrected chi connectivity index (χ1v) is 13.2. The van der Waals surface area contributed by atoms with Gasteiger partial charge in [-0.05, 0) is 66.9 Å². The van der Waals surface area contributed by atoms with Gasteiger partial charge in [0, 0.05) is 52.6 Å². The van der Waals surface area contributed by atoms with Gasteiger partial charge in [0.1, 0.15) is 0 Å². The third-order valence-electron chi connectivity index (χ3n) is 7.06. The molecule has 0 spiro atoms. The van der Waals surface area contributed by atoms with E-state index >= 15 is 0 Å². The lowest BCUT2D eigenvalue weighted by atomic mass is 9.89. The number of amides is 2. The first kappa shape index (κ1) is 28.8. The van der Waals surface area contributed by atoms with Gasteiger partial charge < -0.3 is 25.4 Å². The smallest absolute Gasteiger partial charge is 0.269 e. The number of non-ortho nitro benzene ring substituents is 1. The van der Waals surface area contributed by atoms with Crippen molar-refractivity contribution in [3.05, 3.63) is 92.5 Å². The molecule has 1 saturated carbocycles. The Morgan fingerprint density at radius 1 is 1.00 bits per heavy atom. The Morgan fingerprint density at radius 3 is 2.33 bits per heavy atom. The molecule has 3 aromatic rings. The van der Waals surface area contributed by atoms with Gasteiger partial charge in [0.25, 0.3) is 17.5 Å². The van der Waals surface area contributed by atoms with Crippen molar-refractivity contribution in [2.45, 2.75) is 44.3 Å². The molecular weight excluding hydrogens is 536 g/mol. The Hall–Kier alpha value is -4.15. The number of hydrogen-bond acceptors (Lipinski definition) is 7. The maximum atomic E-state index is 13.9. The number of nitro benzene ring substituents is 1. The van der Waals surface area contributed by atoms with Crippen molar-refractivity contribution < 1.29 is 24.0 Å². The lowest BCUT2D eigenvalue weighted by molar-refractivity contribution is -0.384. The molecule has 0 saturated heterocycles. The molecule has 0 heterocycles. The highest BCUT2D eigenvalue weighted by Gasteiger charge is 2.32. The fraction of sp³-hybridized carbons (Fsp3) is 0.310. The van der Waals surface area contributed by atoms with Crippen molar-refractivity contribution >= 4 is 34.8 Å². The van der Waals surface area contributed by atoms with E-state index in [1.807, 2.05) is 0 Å². The van der Waals surface area contributed by atoms with E-state index in [1.54, 1.807) is 41.3 Å². The molecule has 2 atom stereocenters. The van der Waals surface area contributed by atoms with E-state index in [1.165, 1.54) is 38.5 Å². The molecule has 4 rings (SSSR count). The topological polar surface area (TPSA) is 137 Å². The SMILES string of the molecule is COc1ccc(C(=O)N(Cc2cc(NC(=O)c3ccc([N+](=O)[O-])cc3)ccc2Cl)C2CCCCC2N)cc1OC. The number of carbonyl (C=O) groups is 2. The summed E-state index contributed by atoms with van der Waals surface area (Å²) < 4.78 is 10.7. The molecule has 0 aromatic heterocycles. The van der Waals surface area contributed by atoms with Crippen LogP contribution in [0.25, 0.3) is 0 Å². The van der Waals surface area contributed by atoms with E-state index in [-0.39, 0.29) is 35.8 Å². The number of ether oxygens (including phenoxy) is 2. The van der Waals surface area contributed by atoms with Gasteiger partial charge in [-0.2, -0.15) is 0 Å². The van der Waals surface area contributed by atoms with E-state index in [9.17, 15) is 19.7 Å². The molecule has 10 nitrogen and oxygen atoms in total. The van der Waals surface area contributed by atoms with Crippen LogP contribution in [0.1, 0.15) is 52.0 Å². The first-order valence-electron chi connectivity index (χ1n) is 12.8. The number of methoxy groups -OCH3 is 2. The van der Waals surface area contributed by atoms with Crippen LogP contribution < -0.4 is 20.5 Å². The molecule has 3 aromatic carbocycles. The summed E-state index contributed by atoms with van der Waals surface area (Å²) in [4.78, 5) is 38.8. The predicted molar refractivity (Wildman–Crippen MR) is 152 cm³/mol. The van der Waals surface area contributed by atoms with Crippen LogP contribution >= 0.6 is 11.6 Å². The van der Waals surface area contributed by atoms with Crippen LogP contribution in [0.3, 0.4) is 0 Å². The van der Waals surface area contributed by atoms with Crippen molar-refractivity contribution in [2.75, 3.05) is 19.5 Å². The molecule has 40 heavy (non-hydrogen) atoms. The zero-order valence-corrected chi connectivity index (χ0v) is 23.0. The predicted octanol–water partition coefficient (Wildman–Crippen LogP) is 5.43. The van der Waals surface area contributed by atoms with E-state index < -0.39 is 10.8 Å². The molecule has 2 amide bonds. The number of anilines is 1. The summed E-state index contributed by atoms with van der Waals surface area (Å²) in [5.74, 6) is 0.296. The fourth-order valence-corrected chi connectivity index (χ4v) is 5.07. The number of hydrogen-bond donors (Lipinski definition) is 2. The summed E-state index contributed by atoms with van der Waals surface area (Å²) in [5, 5.41) is 14.1. The number of halogens is 1. The Kier molecular flexibility index (Phi) is 9.23. The minimum absolute atomic E-state index is 0.106. The standard InChI is InChI=1S/C29H31ClN4O6/c1-39-26-14-9-19(16-27(26)40-2)29(36)33(25-6-4-3-5-24(25)31)17-20-15-21(10-13-23(20)30)32-28(35)18-7-11-22(12-8-18)34(37)38/h7-16,24-25H,3-6,17,31H2,1-2H3,(H,32,35). The summed E-state index contributed by atoms with van der Waals surface area (Å²) in [7, 11) is 3.04. The van der Waals surface area contributed by atoms with Crippen LogP contribution in [0.2, 0.25) is 5.02 Å². The summed E-state index contributed by atoms with van der Waals surface area (Å²) in [6.07, 6.45) is 3.52. The van der Waals surface area contributed by atoms with Crippen LogP contribution in [-0.2, 0) is 6.54 Å². The Balaban J connectivity index is 1.61. The molecule has 0 aliphatic heterocycles. The molecule has 11 heteroatoms. The van der Waals surface area contributed by atoms with Crippen LogP contribution in [0.5, 0.6) is 11.5 Å². The van der Waals surface area contributed by atoms with Crippen LogP contribution in [0, 0.1) is 10.1 Å². The monoisotopic (exact) mass is 566 g/mol. The second-order valence-electron chi connectivity index (χ2n) is 9.58. The number of benzene rings is 3. The molecule has 210 valence electrons. The number of nitrogens with zero attached hydrogens (tertiary/aromatic N) is 2.